The third-order valence-corrected chi connectivity index (χ3v) is 8.75. The molecule has 1 aliphatic carbocycles. The Labute approximate surface area is 244 Å². The Morgan fingerprint density at radius 2 is 1.53 bits per heavy atom. The molecule has 0 spiro atoms. The molecule has 3 aromatic carbocycles. The van der Waals surface area contributed by atoms with Crippen LogP contribution in [0, 0.1) is 0 Å². The fourth-order valence-electron chi connectivity index (χ4n) is 4.71. The van der Waals surface area contributed by atoms with Gasteiger partial charge < -0.3 is 10.2 Å². The molecule has 0 aliphatic heterocycles. The van der Waals surface area contributed by atoms with Gasteiger partial charge >= 0.3 is 0 Å². The van der Waals surface area contributed by atoms with Crippen molar-refractivity contribution in [2.45, 2.75) is 62.0 Å². The van der Waals surface area contributed by atoms with Gasteiger partial charge in [-0.3, -0.25) is 9.59 Å². The van der Waals surface area contributed by atoms with Gasteiger partial charge in [0.2, 0.25) is 11.8 Å². The van der Waals surface area contributed by atoms with E-state index in [0.717, 1.165) is 36.1 Å². The molecule has 1 N–H and O–H groups in total. The third-order valence-electron chi connectivity index (χ3n) is 6.79. The van der Waals surface area contributed by atoms with Gasteiger partial charge in [0.05, 0.1) is 5.75 Å². The first-order valence-electron chi connectivity index (χ1n) is 12.9. The van der Waals surface area contributed by atoms with E-state index in [1.54, 1.807) is 35.2 Å². The number of amides is 2. The van der Waals surface area contributed by atoms with Crippen molar-refractivity contribution in [2.75, 3.05) is 5.75 Å². The number of thioether (sulfide) groups is 1. The Bertz CT molecular complexity index is 1200. The molecule has 4 nitrogen and oxygen atoms in total. The lowest BCUT2D eigenvalue weighted by Crippen LogP contribution is -2.53. The van der Waals surface area contributed by atoms with E-state index in [2.05, 4.69) is 5.32 Å². The van der Waals surface area contributed by atoms with Crippen molar-refractivity contribution in [3.8, 4) is 0 Å². The van der Waals surface area contributed by atoms with Crippen LogP contribution in [0.3, 0.4) is 0 Å². The van der Waals surface area contributed by atoms with Gasteiger partial charge in [0.15, 0.2) is 0 Å². The van der Waals surface area contributed by atoms with Crippen LogP contribution in [0.1, 0.15) is 43.2 Å². The first kappa shape index (κ1) is 28.8. The Morgan fingerprint density at radius 3 is 2.18 bits per heavy atom. The maximum Gasteiger partial charge on any atom is 0.243 e. The molecule has 1 unspecified atom stereocenters. The highest BCUT2D eigenvalue weighted by atomic mass is 35.5. The summed E-state index contributed by atoms with van der Waals surface area (Å²) in [5.41, 5.74) is 1.61. The van der Waals surface area contributed by atoms with Crippen molar-refractivity contribution in [2.24, 2.45) is 0 Å². The Balaban J connectivity index is 1.64. The van der Waals surface area contributed by atoms with E-state index >= 15 is 0 Å². The van der Waals surface area contributed by atoms with Crippen molar-refractivity contribution in [3.63, 3.8) is 0 Å². The van der Waals surface area contributed by atoms with E-state index in [9.17, 15) is 9.59 Å². The summed E-state index contributed by atoms with van der Waals surface area (Å²) in [6, 6.07) is 21.8. The smallest absolute Gasteiger partial charge is 0.243 e. The standard InChI is InChI=1S/C30H31Cl3N2O2S/c31-22-14-16-24(17-15-22)38-20-29(36)35(19-25-26(32)12-7-13-27(25)33)28(18-21-8-3-1-4-9-21)30(37)34-23-10-5-2-6-11-23/h1,3-4,7-9,12-17,23,28H,2,5-6,10-11,18-20H2,(H,34,37). The highest BCUT2D eigenvalue weighted by Crippen LogP contribution is 2.29. The molecule has 4 rings (SSSR count). The molecule has 0 saturated heterocycles. The second-order valence-electron chi connectivity index (χ2n) is 9.51. The van der Waals surface area contributed by atoms with Crippen molar-refractivity contribution in [3.05, 3.63) is 99.0 Å². The number of carbonyl (C=O) groups excluding carboxylic acids is 2. The normalized spacial score (nSPS) is 14.6. The van der Waals surface area contributed by atoms with Crippen LogP contribution in [0.25, 0.3) is 0 Å². The summed E-state index contributed by atoms with van der Waals surface area (Å²) < 4.78 is 0. The average Bonchev–Trinajstić information content (AvgIpc) is 2.92. The summed E-state index contributed by atoms with van der Waals surface area (Å²) in [7, 11) is 0. The van der Waals surface area contributed by atoms with Crippen molar-refractivity contribution < 1.29 is 9.59 Å². The maximum atomic E-state index is 13.9. The third kappa shape index (κ3) is 8.16. The van der Waals surface area contributed by atoms with Crippen molar-refractivity contribution >= 4 is 58.4 Å². The molecule has 0 bridgehead atoms. The fourth-order valence-corrected chi connectivity index (χ4v) is 6.14. The van der Waals surface area contributed by atoms with Crippen molar-refractivity contribution in [1.82, 2.24) is 10.2 Å². The number of benzene rings is 3. The summed E-state index contributed by atoms with van der Waals surface area (Å²) in [6.07, 6.45) is 5.70. The molecule has 1 fully saturated rings. The quantitative estimate of drug-likeness (QED) is 0.245. The summed E-state index contributed by atoms with van der Waals surface area (Å²) in [5.74, 6) is -0.152. The second kappa shape index (κ2) is 14.3. The zero-order valence-corrected chi connectivity index (χ0v) is 24.1. The number of nitrogens with zero attached hydrogens (tertiary/aromatic N) is 1. The second-order valence-corrected chi connectivity index (χ2v) is 11.8. The molecule has 0 radical (unpaired) electrons. The van der Waals surface area contributed by atoms with Crippen LogP contribution in [0.2, 0.25) is 15.1 Å². The lowest BCUT2D eigenvalue weighted by Gasteiger charge is -2.34. The van der Waals surface area contributed by atoms with Gasteiger partial charge in [0, 0.05) is 44.5 Å². The van der Waals surface area contributed by atoms with E-state index < -0.39 is 6.04 Å². The van der Waals surface area contributed by atoms with E-state index in [1.165, 1.54) is 18.2 Å². The summed E-state index contributed by atoms with van der Waals surface area (Å²) in [5, 5.41) is 4.82. The predicted octanol–water partition coefficient (Wildman–Crippen LogP) is 7.83. The first-order valence-corrected chi connectivity index (χ1v) is 15.0. The largest absolute Gasteiger partial charge is 0.352 e. The van der Waals surface area contributed by atoms with Crippen LogP contribution in [-0.2, 0) is 22.6 Å². The number of rotatable bonds is 10. The molecule has 2 amide bonds. The zero-order chi connectivity index (χ0) is 26.9. The molecule has 200 valence electrons. The van der Waals surface area contributed by atoms with Gasteiger partial charge in [-0.05, 0) is 54.8 Å². The van der Waals surface area contributed by atoms with Gasteiger partial charge in [-0.25, -0.2) is 0 Å². The molecular weight excluding hydrogens is 559 g/mol. The van der Waals surface area contributed by atoms with Crippen LogP contribution < -0.4 is 5.32 Å². The van der Waals surface area contributed by atoms with Crippen LogP contribution in [-0.4, -0.2) is 34.6 Å². The predicted molar refractivity (Wildman–Crippen MR) is 158 cm³/mol. The van der Waals surface area contributed by atoms with Crippen LogP contribution in [0.5, 0.6) is 0 Å². The molecule has 0 heterocycles. The van der Waals surface area contributed by atoms with E-state index in [1.807, 2.05) is 42.5 Å². The highest BCUT2D eigenvalue weighted by molar-refractivity contribution is 8.00. The molecule has 8 heteroatoms. The summed E-state index contributed by atoms with van der Waals surface area (Å²) >= 11 is 20.5. The minimum absolute atomic E-state index is 0.124. The van der Waals surface area contributed by atoms with Crippen LogP contribution in [0.4, 0.5) is 0 Å². The van der Waals surface area contributed by atoms with Crippen LogP contribution >= 0.6 is 46.6 Å². The lowest BCUT2D eigenvalue weighted by molar-refractivity contribution is -0.139. The molecule has 38 heavy (non-hydrogen) atoms. The summed E-state index contributed by atoms with van der Waals surface area (Å²) in [6.45, 7) is 0.133. The molecule has 3 aromatic rings. The molecule has 1 aliphatic rings. The number of halogens is 3. The van der Waals surface area contributed by atoms with E-state index in [-0.39, 0.29) is 30.2 Å². The van der Waals surface area contributed by atoms with E-state index in [0.29, 0.717) is 27.1 Å². The number of nitrogens with one attached hydrogen (secondary N) is 1. The van der Waals surface area contributed by atoms with Gasteiger partial charge in [0.25, 0.3) is 0 Å². The fraction of sp³-hybridized carbons (Fsp3) is 0.333. The molecule has 0 aromatic heterocycles. The number of carbonyl (C=O) groups is 2. The Morgan fingerprint density at radius 1 is 0.868 bits per heavy atom. The highest BCUT2D eigenvalue weighted by Gasteiger charge is 2.32. The lowest BCUT2D eigenvalue weighted by atomic mass is 9.94. The van der Waals surface area contributed by atoms with Crippen LogP contribution in [0.15, 0.2) is 77.7 Å². The SMILES string of the molecule is O=C(NC1CCCCC1)C(Cc1ccccc1)N(Cc1c(Cl)cccc1Cl)C(=O)CSc1ccc(Cl)cc1. The zero-order valence-electron chi connectivity index (χ0n) is 21.0. The van der Waals surface area contributed by atoms with Gasteiger partial charge in [-0.2, -0.15) is 0 Å². The number of hydrogen-bond acceptors (Lipinski definition) is 3. The minimum atomic E-state index is -0.718. The molecule has 1 atom stereocenters. The Hall–Kier alpha value is -2.18. The van der Waals surface area contributed by atoms with Gasteiger partial charge in [0.1, 0.15) is 6.04 Å². The average molecular weight is 590 g/mol. The van der Waals surface area contributed by atoms with Gasteiger partial charge in [-0.1, -0.05) is 90.5 Å². The summed E-state index contributed by atoms with van der Waals surface area (Å²) in [4.78, 5) is 30.3. The Kier molecular flexibility index (Phi) is 10.8. The monoisotopic (exact) mass is 588 g/mol. The van der Waals surface area contributed by atoms with E-state index in [4.69, 9.17) is 34.8 Å². The minimum Gasteiger partial charge on any atom is -0.352 e. The first-order chi connectivity index (χ1) is 18.4. The number of hydrogen-bond donors (Lipinski definition) is 1. The van der Waals surface area contributed by atoms with Crippen molar-refractivity contribution in [1.29, 1.82) is 0 Å². The van der Waals surface area contributed by atoms with Gasteiger partial charge in [-0.15, -0.1) is 11.8 Å². The topological polar surface area (TPSA) is 49.4 Å². The molecule has 1 saturated carbocycles. The maximum absolute atomic E-state index is 13.9. The molecular formula is C30H31Cl3N2O2S.